The molecule has 2 nitrogen and oxygen atoms in total. The molecule has 2 heteroatoms. The zero-order valence-corrected chi connectivity index (χ0v) is 8.01. The van der Waals surface area contributed by atoms with Crippen LogP contribution in [-0.2, 0) is 9.53 Å². The van der Waals surface area contributed by atoms with Gasteiger partial charge < -0.3 is 4.74 Å². The molecule has 0 fully saturated rings. The number of hydrogen-bond donors (Lipinski definition) is 0. The van der Waals surface area contributed by atoms with E-state index >= 15 is 0 Å². The number of esters is 1. The summed E-state index contributed by atoms with van der Waals surface area (Å²) in [5.74, 6) is -0.0872. The number of carbonyl (C=O) groups excluding carboxylic acids is 1. The Morgan fingerprint density at radius 1 is 1.67 bits per heavy atom. The molecule has 12 heavy (non-hydrogen) atoms. The number of methoxy groups -OCH3 is 1. The number of allylic oxidation sites excluding steroid dienone is 1. The van der Waals surface area contributed by atoms with Crippen molar-refractivity contribution < 1.29 is 9.53 Å². The molecule has 0 spiro atoms. The minimum Gasteiger partial charge on any atom is -0.469 e. The summed E-state index contributed by atoms with van der Waals surface area (Å²) in [5.41, 5.74) is 0. The highest BCUT2D eigenvalue weighted by molar-refractivity contribution is 5.72. The Bertz CT molecular complexity index is 141. The van der Waals surface area contributed by atoms with Crippen molar-refractivity contribution >= 4 is 5.97 Å². The zero-order valence-electron chi connectivity index (χ0n) is 8.01. The summed E-state index contributed by atoms with van der Waals surface area (Å²) < 4.78 is 4.68. The fraction of sp³-hybridized carbons (Fsp3) is 0.700. The lowest BCUT2D eigenvalue weighted by Gasteiger charge is -2.10. The number of rotatable bonds is 6. The Morgan fingerprint density at radius 3 is 2.75 bits per heavy atom. The maximum absolute atomic E-state index is 11.1. The van der Waals surface area contributed by atoms with E-state index in [9.17, 15) is 4.79 Å². The van der Waals surface area contributed by atoms with Gasteiger partial charge in [0.2, 0.25) is 0 Å². The quantitative estimate of drug-likeness (QED) is 0.452. The third-order valence-corrected chi connectivity index (χ3v) is 1.89. The molecular formula is C10H18O2. The second-order valence-electron chi connectivity index (χ2n) is 2.89. The molecule has 1 atom stereocenters. The summed E-state index contributed by atoms with van der Waals surface area (Å²) >= 11 is 0. The van der Waals surface area contributed by atoms with Crippen molar-refractivity contribution in [2.45, 2.75) is 32.6 Å². The minimum atomic E-state index is -0.108. The first-order valence-electron chi connectivity index (χ1n) is 4.45. The molecule has 0 aromatic heterocycles. The van der Waals surface area contributed by atoms with E-state index < -0.39 is 0 Å². The summed E-state index contributed by atoms with van der Waals surface area (Å²) in [4.78, 5) is 11.1. The van der Waals surface area contributed by atoms with Gasteiger partial charge in [0.15, 0.2) is 0 Å². The monoisotopic (exact) mass is 170 g/mol. The molecule has 0 saturated carbocycles. The number of hydrogen-bond acceptors (Lipinski definition) is 2. The van der Waals surface area contributed by atoms with Gasteiger partial charge in [0.1, 0.15) is 0 Å². The van der Waals surface area contributed by atoms with E-state index in [2.05, 4.69) is 18.2 Å². The lowest BCUT2D eigenvalue weighted by Crippen LogP contribution is -2.15. The first-order valence-corrected chi connectivity index (χ1v) is 4.45. The van der Waals surface area contributed by atoms with Crippen molar-refractivity contribution in [1.82, 2.24) is 0 Å². The number of carbonyl (C=O) groups is 1. The van der Waals surface area contributed by atoms with E-state index in [0.717, 1.165) is 25.7 Å². The van der Waals surface area contributed by atoms with E-state index in [-0.39, 0.29) is 11.9 Å². The molecule has 0 rings (SSSR count). The molecule has 0 N–H and O–H groups in total. The second kappa shape index (κ2) is 6.89. The Hall–Kier alpha value is -0.790. The van der Waals surface area contributed by atoms with Crippen LogP contribution >= 0.6 is 0 Å². The Kier molecular flexibility index (Phi) is 6.44. The average molecular weight is 170 g/mol. The van der Waals surface area contributed by atoms with Gasteiger partial charge in [-0.3, -0.25) is 4.79 Å². The van der Waals surface area contributed by atoms with E-state index in [0.29, 0.717) is 0 Å². The van der Waals surface area contributed by atoms with Gasteiger partial charge in [0.25, 0.3) is 0 Å². The van der Waals surface area contributed by atoms with Gasteiger partial charge in [-0.05, 0) is 12.8 Å². The predicted octanol–water partition coefficient (Wildman–Crippen LogP) is 2.54. The van der Waals surface area contributed by atoms with Crippen LogP contribution in [0.4, 0.5) is 0 Å². The highest BCUT2D eigenvalue weighted by atomic mass is 16.5. The first kappa shape index (κ1) is 11.2. The standard InChI is InChI=1S/C10H18O2/c1-4-6-8-9(7-5-2)10(11)12-3/h5,9H,2,4,6-8H2,1,3H3. The fourth-order valence-corrected chi connectivity index (χ4v) is 1.15. The maximum Gasteiger partial charge on any atom is 0.308 e. The SMILES string of the molecule is C=CCC(CCCC)C(=O)OC. The Balaban J connectivity index is 3.84. The van der Waals surface area contributed by atoms with Crippen LogP contribution in [0.3, 0.4) is 0 Å². The van der Waals surface area contributed by atoms with E-state index in [1.807, 2.05) is 0 Å². The molecule has 0 radical (unpaired) electrons. The van der Waals surface area contributed by atoms with Crippen LogP contribution in [-0.4, -0.2) is 13.1 Å². The molecule has 0 aliphatic heterocycles. The smallest absolute Gasteiger partial charge is 0.308 e. The Morgan fingerprint density at radius 2 is 2.33 bits per heavy atom. The third kappa shape index (κ3) is 4.16. The lowest BCUT2D eigenvalue weighted by molar-refractivity contribution is -0.145. The summed E-state index contributed by atoms with van der Waals surface area (Å²) in [6.07, 6.45) is 5.61. The molecule has 0 aromatic carbocycles. The number of ether oxygens (including phenoxy) is 1. The molecule has 0 aromatic rings. The summed E-state index contributed by atoms with van der Waals surface area (Å²) in [5, 5.41) is 0. The van der Waals surface area contributed by atoms with Gasteiger partial charge in [-0.2, -0.15) is 0 Å². The minimum absolute atomic E-state index is 0.0208. The zero-order chi connectivity index (χ0) is 9.40. The van der Waals surface area contributed by atoms with Crippen molar-refractivity contribution in [3.8, 4) is 0 Å². The normalized spacial score (nSPS) is 12.2. The van der Waals surface area contributed by atoms with Crippen molar-refractivity contribution in [3.63, 3.8) is 0 Å². The summed E-state index contributed by atoms with van der Waals surface area (Å²) in [7, 11) is 1.43. The molecule has 0 aliphatic rings. The highest BCUT2D eigenvalue weighted by Gasteiger charge is 2.15. The van der Waals surface area contributed by atoms with Gasteiger partial charge in [0, 0.05) is 0 Å². The van der Waals surface area contributed by atoms with E-state index in [1.165, 1.54) is 7.11 Å². The lowest BCUT2D eigenvalue weighted by atomic mass is 9.99. The van der Waals surface area contributed by atoms with Crippen molar-refractivity contribution in [2.24, 2.45) is 5.92 Å². The van der Waals surface area contributed by atoms with Crippen LogP contribution in [0.2, 0.25) is 0 Å². The van der Waals surface area contributed by atoms with Crippen LogP contribution in [0.25, 0.3) is 0 Å². The molecule has 0 aliphatic carbocycles. The van der Waals surface area contributed by atoms with Gasteiger partial charge in [-0.1, -0.05) is 25.8 Å². The fourth-order valence-electron chi connectivity index (χ4n) is 1.15. The molecule has 0 bridgehead atoms. The molecule has 0 saturated heterocycles. The molecule has 70 valence electrons. The molecule has 1 unspecified atom stereocenters. The van der Waals surface area contributed by atoms with Crippen molar-refractivity contribution in [2.75, 3.05) is 7.11 Å². The largest absolute Gasteiger partial charge is 0.469 e. The molecule has 0 amide bonds. The maximum atomic E-state index is 11.1. The molecular weight excluding hydrogens is 152 g/mol. The third-order valence-electron chi connectivity index (χ3n) is 1.89. The van der Waals surface area contributed by atoms with Gasteiger partial charge in [-0.15, -0.1) is 6.58 Å². The molecule has 0 heterocycles. The van der Waals surface area contributed by atoms with Gasteiger partial charge in [-0.25, -0.2) is 0 Å². The van der Waals surface area contributed by atoms with Crippen LogP contribution in [0.15, 0.2) is 12.7 Å². The van der Waals surface area contributed by atoms with Gasteiger partial charge >= 0.3 is 5.97 Å². The topological polar surface area (TPSA) is 26.3 Å². The van der Waals surface area contributed by atoms with Crippen LogP contribution in [0.5, 0.6) is 0 Å². The van der Waals surface area contributed by atoms with Crippen molar-refractivity contribution in [3.05, 3.63) is 12.7 Å². The van der Waals surface area contributed by atoms with E-state index in [1.54, 1.807) is 6.08 Å². The predicted molar refractivity (Wildman–Crippen MR) is 49.8 cm³/mol. The highest BCUT2D eigenvalue weighted by Crippen LogP contribution is 2.14. The second-order valence-corrected chi connectivity index (χ2v) is 2.89. The number of unbranched alkanes of at least 4 members (excludes halogenated alkanes) is 1. The summed E-state index contributed by atoms with van der Waals surface area (Å²) in [6, 6.07) is 0. The van der Waals surface area contributed by atoms with Crippen molar-refractivity contribution in [1.29, 1.82) is 0 Å². The summed E-state index contributed by atoms with van der Waals surface area (Å²) in [6.45, 7) is 5.73. The van der Waals surface area contributed by atoms with E-state index in [4.69, 9.17) is 0 Å². The van der Waals surface area contributed by atoms with Crippen LogP contribution in [0, 0.1) is 5.92 Å². The average Bonchev–Trinajstić information content (AvgIpc) is 2.11. The van der Waals surface area contributed by atoms with Crippen LogP contribution < -0.4 is 0 Å². The van der Waals surface area contributed by atoms with Gasteiger partial charge in [0.05, 0.1) is 13.0 Å². The Labute approximate surface area is 74.6 Å². The van der Waals surface area contributed by atoms with Crippen LogP contribution in [0.1, 0.15) is 32.6 Å². The first-order chi connectivity index (χ1) is 5.76.